The van der Waals surface area contributed by atoms with Crippen LogP contribution in [0.1, 0.15) is 40.9 Å². The average Bonchev–Trinajstić information content (AvgIpc) is 3.49. The molecule has 4 heterocycles. The number of nitrogens with one attached hydrogen (secondary N) is 1. The molecule has 0 saturated carbocycles. The number of aromatic nitrogens is 5. The van der Waals surface area contributed by atoms with Crippen LogP contribution < -0.4 is 15.3 Å². The molecule has 0 radical (unpaired) electrons. The van der Waals surface area contributed by atoms with Crippen molar-refractivity contribution in [3.63, 3.8) is 0 Å². The molecule has 0 amide bonds. The number of nitrogens with zero attached hydrogens (tertiary/aromatic N) is 6. The maximum atomic E-state index is 14.4. The summed E-state index contributed by atoms with van der Waals surface area (Å²) in [4.78, 5) is 13.8. The molecule has 2 aliphatic rings. The number of sulfonamides is 1. The fourth-order valence-electron chi connectivity index (χ4n) is 5.23. The lowest BCUT2D eigenvalue weighted by Crippen LogP contribution is -2.30. The van der Waals surface area contributed by atoms with Crippen LogP contribution in [-0.2, 0) is 22.2 Å². The molecule has 192 valence electrons. The van der Waals surface area contributed by atoms with Crippen LogP contribution in [0.5, 0.6) is 0 Å². The molecule has 1 atom stereocenters. The highest BCUT2D eigenvalue weighted by molar-refractivity contribution is 7.92. The van der Waals surface area contributed by atoms with Crippen molar-refractivity contribution in [2.24, 2.45) is 0 Å². The summed E-state index contributed by atoms with van der Waals surface area (Å²) < 4.78 is 44.6. The third kappa shape index (κ3) is 3.54. The van der Waals surface area contributed by atoms with Crippen molar-refractivity contribution in [3.05, 3.63) is 80.9 Å². The summed E-state index contributed by atoms with van der Waals surface area (Å²) in [5, 5.41) is 12.6. The third-order valence-electron chi connectivity index (χ3n) is 7.19. The summed E-state index contributed by atoms with van der Waals surface area (Å²) in [5.74, 6) is 0.192. The average molecular weight is 524 g/mol. The van der Waals surface area contributed by atoms with Crippen LogP contribution in [0, 0.1) is 19.7 Å². The number of halogens is 1. The third-order valence-corrected chi connectivity index (χ3v) is 8.90. The van der Waals surface area contributed by atoms with E-state index in [9.17, 15) is 17.6 Å². The number of anilines is 1. The van der Waals surface area contributed by atoms with Gasteiger partial charge in [-0.1, -0.05) is 6.07 Å². The van der Waals surface area contributed by atoms with Gasteiger partial charge in [-0.3, -0.25) is 4.31 Å². The van der Waals surface area contributed by atoms with Crippen LogP contribution in [0.3, 0.4) is 0 Å². The van der Waals surface area contributed by atoms with Crippen molar-refractivity contribution in [2.75, 3.05) is 17.9 Å². The first-order valence-corrected chi connectivity index (χ1v) is 13.6. The Balaban J connectivity index is 1.54. The Morgan fingerprint density at radius 2 is 1.81 bits per heavy atom. The van der Waals surface area contributed by atoms with Crippen LogP contribution in [0.2, 0.25) is 0 Å². The van der Waals surface area contributed by atoms with Gasteiger partial charge in [0.2, 0.25) is 10.0 Å². The minimum Gasteiger partial charge on any atom is -0.310 e. The van der Waals surface area contributed by atoms with Crippen LogP contribution >= 0.6 is 0 Å². The van der Waals surface area contributed by atoms with Gasteiger partial charge < -0.3 is 5.32 Å². The molecule has 2 aromatic heterocycles. The van der Waals surface area contributed by atoms with Crippen molar-refractivity contribution in [3.8, 4) is 17.2 Å². The van der Waals surface area contributed by atoms with E-state index >= 15 is 0 Å². The molecular weight excluding hydrogens is 497 g/mol. The molecule has 12 heteroatoms. The topological polar surface area (TPSA) is 107 Å². The Morgan fingerprint density at radius 3 is 2.54 bits per heavy atom. The second-order valence-corrected chi connectivity index (χ2v) is 11.6. The first-order chi connectivity index (χ1) is 17.6. The molecule has 0 unspecified atom stereocenters. The zero-order valence-corrected chi connectivity index (χ0v) is 21.7. The molecule has 0 aliphatic carbocycles. The quantitative estimate of drug-likeness (QED) is 0.442. The zero-order valence-electron chi connectivity index (χ0n) is 20.9. The van der Waals surface area contributed by atoms with Crippen LogP contribution in [0.15, 0.2) is 41.5 Å². The monoisotopic (exact) mass is 523 g/mol. The largest absolute Gasteiger partial charge is 0.356 e. The molecule has 2 aliphatic heterocycles. The SMILES string of the molecule is Cc1cc(-n2nc3c(c2-n2cnn(-c4ccc5c(c4)N(C)S(=O)(=O)C5)c2=O)[C@H](C)NCC3)cc(C)c1F. The summed E-state index contributed by atoms with van der Waals surface area (Å²) in [5.41, 5.74) is 4.59. The van der Waals surface area contributed by atoms with Crippen LogP contribution in [0.4, 0.5) is 10.1 Å². The minimum absolute atomic E-state index is 0.0655. The van der Waals surface area contributed by atoms with Gasteiger partial charge in [0.05, 0.1) is 28.5 Å². The van der Waals surface area contributed by atoms with Gasteiger partial charge in [0.1, 0.15) is 12.1 Å². The van der Waals surface area contributed by atoms with Gasteiger partial charge in [0, 0.05) is 31.6 Å². The van der Waals surface area contributed by atoms with E-state index in [2.05, 4.69) is 10.4 Å². The van der Waals surface area contributed by atoms with Crippen molar-refractivity contribution in [1.29, 1.82) is 0 Å². The molecular formula is C25H26FN7O3S. The van der Waals surface area contributed by atoms with E-state index in [0.717, 1.165) is 17.8 Å². The van der Waals surface area contributed by atoms with E-state index in [1.54, 1.807) is 48.9 Å². The normalized spacial score (nSPS) is 18.2. The summed E-state index contributed by atoms with van der Waals surface area (Å²) >= 11 is 0. The molecule has 37 heavy (non-hydrogen) atoms. The van der Waals surface area contributed by atoms with E-state index in [0.29, 0.717) is 46.0 Å². The Hall–Kier alpha value is -3.77. The summed E-state index contributed by atoms with van der Waals surface area (Å²) in [6.45, 7) is 6.18. The van der Waals surface area contributed by atoms with Crippen molar-refractivity contribution in [2.45, 2.75) is 39.0 Å². The van der Waals surface area contributed by atoms with Crippen molar-refractivity contribution >= 4 is 15.7 Å². The van der Waals surface area contributed by atoms with Gasteiger partial charge in [-0.15, -0.1) is 0 Å². The Bertz CT molecular complexity index is 1730. The molecule has 0 spiro atoms. The minimum atomic E-state index is -3.41. The van der Waals surface area contributed by atoms with Gasteiger partial charge in [0.15, 0.2) is 5.82 Å². The fourth-order valence-corrected chi connectivity index (χ4v) is 6.53. The van der Waals surface area contributed by atoms with Gasteiger partial charge in [-0.05, 0) is 61.7 Å². The second kappa shape index (κ2) is 8.12. The molecule has 4 aromatic rings. The highest BCUT2D eigenvalue weighted by Gasteiger charge is 2.32. The maximum Gasteiger partial charge on any atom is 0.356 e. The van der Waals surface area contributed by atoms with E-state index in [1.807, 2.05) is 6.92 Å². The standard InChI is InChI=1S/C25H26FN7O3S/c1-14-9-19(10-15(2)23(14)26)32-24(22-16(3)27-8-7-20(22)29-32)31-13-28-33(25(31)34)18-6-5-17-12-37(35,36)30(4)21(17)11-18/h5-6,9-11,13,16,27H,7-8,12H2,1-4H3/t16-/m0/s1. The Morgan fingerprint density at radius 1 is 1.08 bits per heavy atom. The van der Waals surface area contributed by atoms with Gasteiger partial charge in [-0.2, -0.15) is 14.9 Å². The van der Waals surface area contributed by atoms with Crippen molar-refractivity contribution < 1.29 is 12.8 Å². The summed E-state index contributed by atoms with van der Waals surface area (Å²) in [6, 6.07) is 8.42. The lowest BCUT2D eigenvalue weighted by atomic mass is 10.0. The molecule has 10 nitrogen and oxygen atoms in total. The number of rotatable bonds is 3. The van der Waals surface area contributed by atoms with E-state index in [-0.39, 0.29) is 17.6 Å². The molecule has 0 fully saturated rings. The molecule has 1 N–H and O–H groups in total. The van der Waals surface area contributed by atoms with Gasteiger partial charge >= 0.3 is 5.69 Å². The van der Waals surface area contributed by atoms with E-state index in [1.165, 1.54) is 26.9 Å². The highest BCUT2D eigenvalue weighted by Crippen LogP contribution is 2.34. The first-order valence-electron chi connectivity index (χ1n) is 12.0. The zero-order chi connectivity index (χ0) is 26.2. The predicted octanol–water partition coefficient (Wildman–Crippen LogP) is 2.45. The van der Waals surface area contributed by atoms with Crippen molar-refractivity contribution in [1.82, 2.24) is 29.4 Å². The molecule has 6 rings (SSSR count). The number of fused-ring (bicyclic) bond motifs is 2. The molecule has 0 saturated heterocycles. The fraction of sp³-hybridized carbons (Fsp3) is 0.320. The highest BCUT2D eigenvalue weighted by atomic mass is 32.2. The molecule has 0 bridgehead atoms. The Kier molecular flexibility index (Phi) is 5.18. The number of benzene rings is 2. The lowest BCUT2D eigenvalue weighted by Gasteiger charge is -2.20. The maximum absolute atomic E-state index is 14.4. The van der Waals surface area contributed by atoms with Gasteiger partial charge in [-0.25, -0.2) is 26.9 Å². The predicted molar refractivity (Wildman–Crippen MR) is 137 cm³/mol. The second-order valence-electron chi connectivity index (χ2n) is 9.65. The van der Waals surface area contributed by atoms with E-state index < -0.39 is 15.7 Å². The number of aryl methyl sites for hydroxylation is 2. The summed E-state index contributed by atoms with van der Waals surface area (Å²) in [6.07, 6.45) is 2.13. The van der Waals surface area contributed by atoms with Crippen LogP contribution in [-0.4, -0.2) is 46.1 Å². The van der Waals surface area contributed by atoms with E-state index in [4.69, 9.17) is 5.10 Å². The van der Waals surface area contributed by atoms with Gasteiger partial charge in [0.25, 0.3) is 0 Å². The number of hydrogen-bond acceptors (Lipinski definition) is 6. The summed E-state index contributed by atoms with van der Waals surface area (Å²) in [7, 11) is -1.91. The Labute approximate surface area is 213 Å². The van der Waals surface area contributed by atoms with Crippen LogP contribution in [0.25, 0.3) is 17.2 Å². The smallest absolute Gasteiger partial charge is 0.310 e. The lowest BCUT2D eigenvalue weighted by molar-refractivity contribution is 0.536. The first kappa shape index (κ1) is 23.6. The number of hydrogen-bond donors (Lipinski definition) is 1. The molecule has 2 aromatic carbocycles.